The van der Waals surface area contributed by atoms with Crippen LogP contribution >= 0.6 is 11.3 Å². The largest absolute Gasteiger partial charge is 0.354 e. The van der Waals surface area contributed by atoms with Crippen LogP contribution in [0.2, 0.25) is 0 Å². The lowest BCUT2D eigenvalue weighted by atomic mass is 10.3. The third kappa shape index (κ3) is 3.76. The molecule has 2 aromatic rings. The van der Waals surface area contributed by atoms with E-state index in [9.17, 15) is 0 Å². The molecule has 0 atom stereocenters. The lowest BCUT2D eigenvalue weighted by Gasteiger charge is -2.12. The van der Waals surface area contributed by atoms with E-state index in [1.54, 1.807) is 16.2 Å². The van der Waals surface area contributed by atoms with Crippen LogP contribution in [0.15, 0.2) is 17.5 Å². The second kappa shape index (κ2) is 6.30. The normalized spacial score (nSPS) is 10.3. The van der Waals surface area contributed by atoms with Gasteiger partial charge in [-0.1, -0.05) is 6.07 Å². The van der Waals surface area contributed by atoms with Gasteiger partial charge in [0.1, 0.15) is 0 Å². The standard InChI is InChI=1S/C11H17N7S/c1-18(2)11-15-9(14-10(16-11)17-12)13-6-5-8-4-3-7-19-8/h3-4,7H,5-6,12H2,1-2H3,(H2,13,14,15,16,17). The Labute approximate surface area is 115 Å². The van der Waals surface area contributed by atoms with Gasteiger partial charge in [0.15, 0.2) is 0 Å². The van der Waals surface area contributed by atoms with Crippen LogP contribution < -0.4 is 21.5 Å². The van der Waals surface area contributed by atoms with E-state index in [0.29, 0.717) is 17.8 Å². The van der Waals surface area contributed by atoms with Gasteiger partial charge in [-0.05, 0) is 17.9 Å². The van der Waals surface area contributed by atoms with Crippen LogP contribution in [-0.2, 0) is 6.42 Å². The number of aromatic nitrogens is 3. The summed E-state index contributed by atoms with van der Waals surface area (Å²) in [7, 11) is 3.73. The molecule has 102 valence electrons. The molecule has 0 saturated carbocycles. The number of anilines is 3. The maximum absolute atomic E-state index is 5.35. The topological polar surface area (TPSA) is 92.0 Å². The zero-order valence-corrected chi connectivity index (χ0v) is 11.7. The molecule has 0 aromatic carbocycles. The van der Waals surface area contributed by atoms with Crippen molar-refractivity contribution in [1.29, 1.82) is 0 Å². The van der Waals surface area contributed by atoms with Gasteiger partial charge < -0.3 is 10.2 Å². The first-order valence-corrected chi connectivity index (χ1v) is 6.73. The summed E-state index contributed by atoms with van der Waals surface area (Å²) >= 11 is 1.74. The van der Waals surface area contributed by atoms with E-state index >= 15 is 0 Å². The molecule has 7 nitrogen and oxygen atoms in total. The minimum absolute atomic E-state index is 0.345. The van der Waals surface area contributed by atoms with Gasteiger partial charge in [-0.15, -0.1) is 11.3 Å². The smallest absolute Gasteiger partial charge is 0.243 e. The number of nitrogens with two attached hydrogens (primary N) is 1. The Kier molecular flexibility index (Phi) is 4.48. The van der Waals surface area contributed by atoms with Gasteiger partial charge in [0.25, 0.3) is 0 Å². The average molecular weight is 279 g/mol. The molecule has 0 bridgehead atoms. The maximum atomic E-state index is 5.35. The lowest BCUT2D eigenvalue weighted by molar-refractivity contribution is 0.931. The highest BCUT2D eigenvalue weighted by Crippen LogP contribution is 2.12. The van der Waals surface area contributed by atoms with Gasteiger partial charge in [0.05, 0.1) is 0 Å². The second-order valence-corrected chi connectivity index (χ2v) is 5.11. The average Bonchev–Trinajstić information content (AvgIpc) is 2.91. The van der Waals surface area contributed by atoms with Crippen molar-refractivity contribution in [2.24, 2.45) is 5.84 Å². The Hall–Kier alpha value is -1.93. The number of nitrogens with one attached hydrogen (secondary N) is 2. The van der Waals surface area contributed by atoms with Crippen LogP contribution in [-0.4, -0.2) is 35.6 Å². The molecule has 0 radical (unpaired) electrons. The van der Waals surface area contributed by atoms with Crippen molar-refractivity contribution in [2.45, 2.75) is 6.42 Å². The fourth-order valence-corrected chi connectivity index (χ4v) is 2.17. The van der Waals surface area contributed by atoms with Crippen molar-refractivity contribution in [3.05, 3.63) is 22.4 Å². The summed E-state index contributed by atoms with van der Waals surface area (Å²) in [5.74, 6) is 6.76. The lowest BCUT2D eigenvalue weighted by Crippen LogP contribution is -2.19. The van der Waals surface area contributed by atoms with Crippen LogP contribution in [0.5, 0.6) is 0 Å². The van der Waals surface area contributed by atoms with Gasteiger partial charge in [0, 0.05) is 25.5 Å². The van der Waals surface area contributed by atoms with E-state index in [4.69, 9.17) is 5.84 Å². The van der Waals surface area contributed by atoms with Gasteiger partial charge >= 0.3 is 0 Å². The minimum atomic E-state index is 0.345. The quantitative estimate of drug-likeness (QED) is 0.535. The number of hydrogen-bond acceptors (Lipinski definition) is 8. The molecule has 0 aliphatic rings. The minimum Gasteiger partial charge on any atom is -0.354 e. The molecular weight excluding hydrogens is 262 g/mol. The molecular formula is C11H17N7S. The van der Waals surface area contributed by atoms with E-state index in [1.165, 1.54) is 4.88 Å². The van der Waals surface area contributed by atoms with Crippen LogP contribution in [0.4, 0.5) is 17.8 Å². The third-order valence-corrected chi connectivity index (χ3v) is 3.32. The van der Waals surface area contributed by atoms with Crippen LogP contribution in [0.25, 0.3) is 0 Å². The molecule has 4 N–H and O–H groups in total. The van der Waals surface area contributed by atoms with Gasteiger partial charge in [-0.3, -0.25) is 5.43 Å². The first-order valence-electron chi connectivity index (χ1n) is 5.85. The molecule has 2 rings (SSSR count). The monoisotopic (exact) mass is 279 g/mol. The molecule has 2 heterocycles. The number of nitrogens with zero attached hydrogens (tertiary/aromatic N) is 4. The van der Waals surface area contributed by atoms with Gasteiger partial charge in [-0.25, -0.2) is 5.84 Å². The van der Waals surface area contributed by atoms with E-state index in [0.717, 1.165) is 13.0 Å². The number of hydrazine groups is 1. The zero-order valence-electron chi connectivity index (χ0n) is 10.9. The van der Waals surface area contributed by atoms with Crippen LogP contribution in [0.1, 0.15) is 4.88 Å². The Morgan fingerprint density at radius 3 is 2.68 bits per heavy atom. The Balaban J connectivity index is 2.00. The summed E-state index contributed by atoms with van der Waals surface area (Å²) < 4.78 is 0. The van der Waals surface area contributed by atoms with Crippen molar-refractivity contribution in [2.75, 3.05) is 36.3 Å². The fraction of sp³-hybridized carbons (Fsp3) is 0.364. The van der Waals surface area contributed by atoms with Crippen molar-refractivity contribution < 1.29 is 0 Å². The molecule has 0 saturated heterocycles. The van der Waals surface area contributed by atoms with Gasteiger partial charge in [-0.2, -0.15) is 15.0 Å². The highest BCUT2D eigenvalue weighted by atomic mass is 32.1. The summed E-state index contributed by atoms with van der Waals surface area (Å²) in [6, 6.07) is 4.15. The van der Waals surface area contributed by atoms with E-state index in [1.807, 2.05) is 20.2 Å². The molecule has 0 amide bonds. The number of rotatable bonds is 6. The number of hydrogen-bond donors (Lipinski definition) is 3. The Morgan fingerprint density at radius 1 is 1.26 bits per heavy atom. The molecule has 2 aromatic heterocycles. The molecule has 0 spiro atoms. The highest BCUT2D eigenvalue weighted by molar-refractivity contribution is 7.09. The Bertz CT molecular complexity index is 512. The number of nitrogen functional groups attached to an aromatic ring is 1. The summed E-state index contributed by atoms with van der Waals surface area (Å²) in [5.41, 5.74) is 2.44. The number of thiophene rings is 1. The first kappa shape index (κ1) is 13.5. The van der Waals surface area contributed by atoms with Gasteiger partial charge in [0.2, 0.25) is 17.8 Å². The summed E-state index contributed by atoms with van der Waals surface area (Å²) in [5, 5.41) is 5.24. The van der Waals surface area contributed by atoms with Crippen LogP contribution in [0.3, 0.4) is 0 Å². The molecule has 0 fully saturated rings. The van der Waals surface area contributed by atoms with Crippen molar-refractivity contribution >= 4 is 29.2 Å². The van der Waals surface area contributed by atoms with Crippen LogP contribution in [0, 0.1) is 0 Å². The predicted molar refractivity (Wildman–Crippen MR) is 78.5 cm³/mol. The van der Waals surface area contributed by atoms with Crippen molar-refractivity contribution in [3.63, 3.8) is 0 Å². The maximum Gasteiger partial charge on any atom is 0.243 e. The fourth-order valence-electron chi connectivity index (χ4n) is 1.46. The molecule has 0 unspecified atom stereocenters. The summed E-state index contributed by atoms with van der Waals surface area (Å²) in [6.07, 6.45) is 0.937. The van der Waals surface area contributed by atoms with E-state index in [2.05, 4.69) is 37.1 Å². The third-order valence-electron chi connectivity index (χ3n) is 2.39. The highest BCUT2D eigenvalue weighted by Gasteiger charge is 2.06. The summed E-state index contributed by atoms with van der Waals surface area (Å²) in [6.45, 7) is 0.765. The molecule has 19 heavy (non-hydrogen) atoms. The summed E-state index contributed by atoms with van der Waals surface area (Å²) in [4.78, 5) is 15.7. The van der Waals surface area contributed by atoms with E-state index in [-0.39, 0.29) is 0 Å². The first-order chi connectivity index (χ1) is 9.19. The van der Waals surface area contributed by atoms with Crippen molar-refractivity contribution in [3.8, 4) is 0 Å². The zero-order chi connectivity index (χ0) is 13.7. The second-order valence-electron chi connectivity index (χ2n) is 4.08. The Morgan fingerprint density at radius 2 is 2.05 bits per heavy atom. The molecule has 8 heteroatoms. The predicted octanol–water partition coefficient (Wildman–Crippen LogP) is 0.939. The molecule has 0 aliphatic carbocycles. The van der Waals surface area contributed by atoms with E-state index < -0.39 is 0 Å². The SMILES string of the molecule is CN(C)c1nc(NN)nc(NCCc2cccs2)n1. The molecule has 0 aliphatic heterocycles. The van der Waals surface area contributed by atoms with Crippen molar-refractivity contribution in [1.82, 2.24) is 15.0 Å².